The maximum Gasteiger partial charge on any atom is 0.328 e. The van der Waals surface area contributed by atoms with E-state index < -0.39 is 11.4 Å². The first kappa shape index (κ1) is 16.3. The second-order valence-corrected chi connectivity index (χ2v) is 5.78. The molecule has 1 aromatic rings. The van der Waals surface area contributed by atoms with Gasteiger partial charge in [0.05, 0.1) is 22.6 Å². The number of hydrogen-bond acceptors (Lipinski definition) is 3. The normalized spacial score (nSPS) is 11.3. The van der Waals surface area contributed by atoms with Crippen molar-refractivity contribution in [3.8, 4) is 11.8 Å². The molecule has 0 atom stereocenters. The van der Waals surface area contributed by atoms with Crippen LogP contribution in [-0.2, 0) is 4.79 Å². The number of nitrogens with zero attached hydrogens (tertiary/aromatic N) is 1. The SMILES string of the molecule is CC(C)(C#N)CCOc1c(Br)cccc1C=CC(=O)O. The Bertz CT molecular complexity index is 559. The first-order chi connectivity index (χ1) is 9.35. The van der Waals surface area contributed by atoms with Crippen molar-refractivity contribution >= 4 is 28.0 Å². The van der Waals surface area contributed by atoms with Crippen molar-refractivity contribution in [2.45, 2.75) is 20.3 Å². The Morgan fingerprint density at radius 3 is 2.85 bits per heavy atom. The van der Waals surface area contributed by atoms with Gasteiger partial charge in [-0.05, 0) is 48.3 Å². The smallest absolute Gasteiger partial charge is 0.328 e. The van der Waals surface area contributed by atoms with Gasteiger partial charge in [0, 0.05) is 11.6 Å². The third-order valence-electron chi connectivity index (χ3n) is 2.68. The molecule has 0 aliphatic carbocycles. The van der Waals surface area contributed by atoms with Crippen LogP contribution in [0.3, 0.4) is 0 Å². The molecule has 0 unspecified atom stereocenters. The minimum absolute atomic E-state index is 0.386. The van der Waals surface area contributed by atoms with Crippen LogP contribution in [0.25, 0.3) is 6.08 Å². The fourth-order valence-electron chi connectivity index (χ4n) is 1.43. The van der Waals surface area contributed by atoms with Gasteiger partial charge in [0.25, 0.3) is 0 Å². The summed E-state index contributed by atoms with van der Waals surface area (Å²) in [5.41, 5.74) is 0.231. The van der Waals surface area contributed by atoms with Gasteiger partial charge in [-0.1, -0.05) is 12.1 Å². The number of benzene rings is 1. The molecule has 0 spiro atoms. The van der Waals surface area contributed by atoms with Crippen molar-refractivity contribution in [2.75, 3.05) is 6.61 Å². The standard InChI is InChI=1S/C15H16BrNO3/c1-15(2,10-17)8-9-20-14-11(6-7-13(18)19)4-3-5-12(14)16/h3-7H,8-9H2,1-2H3,(H,18,19). The second kappa shape index (κ2) is 7.11. The maximum atomic E-state index is 10.6. The highest BCUT2D eigenvalue weighted by Gasteiger charge is 2.17. The highest BCUT2D eigenvalue weighted by Crippen LogP contribution is 2.31. The van der Waals surface area contributed by atoms with Crippen LogP contribution >= 0.6 is 15.9 Å². The molecule has 0 bridgehead atoms. The zero-order chi connectivity index (χ0) is 15.2. The summed E-state index contributed by atoms with van der Waals surface area (Å²) in [6, 6.07) is 7.61. The third-order valence-corrected chi connectivity index (χ3v) is 3.30. The fraction of sp³-hybridized carbons (Fsp3) is 0.333. The maximum absolute atomic E-state index is 10.6. The summed E-state index contributed by atoms with van der Waals surface area (Å²) in [5.74, 6) is -0.430. The second-order valence-electron chi connectivity index (χ2n) is 4.92. The van der Waals surface area contributed by atoms with Gasteiger partial charge >= 0.3 is 5.97 Å². The molecule has 106 valence electrons. The summed E-state index contributed by atoms with van der Waals surface area (Å²) in [7, 11) is 0. The van der Waals surface area contributed by atoms with Crippen LogP contribution in [0, 0.1) is 16.7 Å². The molecular weight excluding hydrogens is 322 g/mol. The molecule has 0 aliphatic rings. The van der Waals surface area contributed by atoms with Gasteiger partial charge < -0.3 is 9.84 Å². The zero-order valence-corrected chi connectivity index (χ0v) is 13.0. The van der Waals surface area contributed by atoms with Crippen LogP contribution in [0.15, 0.2) is 28.7 Å². The quantitative estimate of drug-likeness (QED) is 0.800. The molecule has 0 saturated carbocycles. The largest absolute Gasteiger partial charge is 0.492 e. The molecule has 5 heteroatoms. The van der Waals surface area contributed by atoms with Gasteiger partial charge in [-0.2, -0.15) is 5.26 Å². The summed E-state index contributed by atoms with van der Waals surface area (Å²) >= 11 is 3.38. The number of aliphatic carboxylic acids is 1. The van der Waals surface area contributed by atoms with E-state index in [1.165, 1.54) is 6.08 Å². The van der Waals surface area contributed by atoms with Crippen LogP contribution in [0.5, 0.6) is 5.75 Å². The highest BCUT2D eigenvalue weighted by atomic mass is 79.9. The lowest BCUT2D eigenvalue weighted by Gasteiger charge is -2.17. The predicted molar refractivity (Wildman–Crippen MR) is 80.3 cm³/mol. The Morgan fingerprint density at radius 1 is 1.55 bits per heavy atom. The van der Waals surface area contributed by atoms with E-state index in [4.69, 9.17) is 15.1 Å². The molecule has 0 radical (unpaired) electrons. The number of ether oxygens (including phenoxy) is 1. The number of hydrogen-bond donors (Lipinski definition) is 1. The number of para-hydroxylation sites is 1. The van der Waals surface area contributed by atoms with Crippen molar-refractivity contribution in [1.82, 2.24) is 0 Å². The molecule has 1 rings (SSSR count). The van der Waals surface area contributed by atoms with Crippen LogP contribution < -0.4 is 4.74 Å². The topological polar surface area (TPSA) is 70.3 Å². The van der Waals surface area contributed by atoms with E-state index in [0.29, 0.717) is 24.3 Å². The van der Waals surface area contributed by atoms with Gasteiger partial charge in [-0.25, -0.2) is 4.79 Å². The van der Waals surface area contributed by atoms with Crippen LogP contribution in [0.1, 0.15) is 25.8 Å². The van der Waals surface area contributed by atoms with E-state index in [-0.39, 0.29) is 0 Å². The van der Waals surface area contributed by atoms with E-state index in [2.05, 4.69) is 22.0 Å². The van der Waals surface area contributed by atoms with E-state index in [9.17, 15) is 4.79 Å². The molecule has 1 N–H and O–H groups in total. The van der Waals surface area contributed by atoms with Crippen molar-refractivity contribution in [1.29, 1.82) is 5.26 Å². The number of halogens is 1. The molecule has 20 heavy (non-hydrogen) atoms. The molecule has 0 saturated heterocycles. The summed E-state index contributed by atoms with van der Waals surface area (Å²) in [5, 5.41) is 17.6. The Kier molecular flexibility index (Phi) is 5.78. The molecule has 1 aromatic carbocycles. The molecule has 4 nitrogen and oxygen atoms in total. The minimum Gasteiger partial charge on any atom is -0.492 e. The van der Waals surface area contributed by atoms with Crippen molar-refractivity contribution in [3.05, 3.63) is 34.3 Å². The molecular formula is C15H16BrNO3. The fourth-order valence-corrected chi connectivity index (χ4v) is 1.93. The predicted octanol–water partition coefficient (Wildman–Crippen LogP) is 3.87. The minimum atomic E-state index is -1.01. The first-order valence-corrected chi connectivity index (χ1v) is 6.88. The number of carbonyl (C=O) groups is 1. The first-order valence-electron chi connectivity index (χ1n) is 6.09. The van der Waals surface area contributed by atoms with Crippen LogP contribution in [0.2, 0.25) is 0 Å². The lowest BCUT2D eigenvalue weighted by atomic mass is 9.92. The van der Waals surface area contributed by atoms with E-state index in [1.54, 1.807) is 12.1 Å². The van der Waals surface area contributed by atoms with Crippen molar-refractivity contribution < 1.29 is 14.6 Å². The average molecular weight is 338 g/mol. The molecule has 0 heterocycles. The number of carboxylic acids is 1. The van der Waals surface area contributed by atoms with Gasteiger partial charge in [0.2, 0.25) is 0 Å². The molecule has 0 aliphatic heterocycles. The Hall–Kier alpha value is -1.80. The molecule has 0 aromatic heterocycles. The number of rotatable bonds is 6. The summed E-state index contributed by atoms with van der Waals surface area (Å²) in [6.45, 7) is 4.08. The molecule has 0 fully saturated rings. The Balaban J connectivity index is 2.84. The van der Waals surface area contributed by atoms with E-state index in [1.807, 2.05) is 19.9 Å². The Morgan fingerprint density at radius 2 is 2.25 bits per heavy atom. The highest BCUT2D eigenvalue weighted by molar-refractivity contribution is 9.10. The van der Waals surface area contributed by atoms with Gasteiger partial charge in [0.15, 0.2) is 0 Å². The zero-order valence-electron chi connectivity index (χ0n) is 11.4. The number of nitriles is 1. The van der Waals surface area contributed by atoms with Gasteiger partial charge in [-0.15, -0.1) is 0 Å². The monoisotopic (exact) mass is 337 g/mol. The Labute approximate surface area is 126 Å². The van der Waals surface area contributed by atoms with Crippen LogP contribution in [0.4, 0.5) is 0 Å². The lowest BCUT2D eigenvalue weighted by Crippen LogP contribution is -2.13. The van der Waals surface area contributed by atoms with Crippen molar-refractivity contribution in [3.63, 3.8) is 0 Å². The third kappa shape index (κ3) is 5.06. The van der Waals surface area contributed by atoms with Gasteiger partial charge in [-0.3, -0.25) is 0 Å². The summed E-state index contributed by atoms with van der Waals surface area (Å²) in [4.78, 5) is 10.6. The lowest BCUT2D eigenvalue weighted by molar-refractivity contribution is -0.131. The van der Waals surface area contributed by atoms with Crippen molar-refractivity contribution in [2.24, 2.45) is 5.41 Å². The van der Waals surface area contributed by atoms with E-state index >= 15 is 0 Å². The average Bonchev–Trinajstić information content (AvgIpc) is 2.38. The molecule has 0 amide bonds. The van der Waals surface area contributed by atoms with Gasteiger partial charge in [0.1, 0.15) is 5.75 Å². The van der Waals surface area contributed by atoms with E-state index in [0.717, 1.165) is 10.5 Å². The van der Waals surface area contributed by atoms with Crippen LogP contribution in [-0.4, -0.2) is 17.7 Å². The number of carboxylic acid groups (broad SMARTS) is 1. The summed E-state index contributed by atoms with van der Waals surface area (Å²) in [6.07, 6.45) is 3.14. The summed E-state index contributed by atoms with van der Waals surface area (Å²) < 4.78 is 6.45.